The van der Waals surface area contributed by atoms with Gasteiger partial charge in [-0.05, 0) is 49.6 Å². The van der Waals surface area contributed by atoms with Crippen molar-refractivity contribution >= 4 is 21.6 Å². The topological polar surface area (TPSA) is 93.7 Å². The molecule has 0 spiro atoms. The Kier molecular flexibility index (Phi) is 6.80. The van der Waals surface area contributed by atoms with Crippen LogP contribution in [-0.2, 0) is 25.0 Å². The van der Waals surface area contributed by atoms with Crippen LogP contribution in [0.1, 0.15) is 30.9 Å². The van der Waals surface area contributed by atoms with Crippen LogP contribution in [-0.4, -0.2) is 41.2 Å². The monoisotopic (exact) mass is 432 g/mol. The standard InChI is InChI=1S/C22H28N2O5S/c1-16-14-18(24-17(2)25)8-9-21(16)30(26,27)23-15-22(10-12-29-13-11-22)19-6-4-5-7-20(19)28-3/h4-9,14,23H,10-13,15H2,1-3H3,(H,24,25). The molecule has 1 heterocycles. The number of hydrogen-bond acceptors (Lipinski definition) is 5. The normalized spacial score (nSPS) is 16.1. The molecule has 1 amide bonds. The van der Waals surface area contributed by atoms with Crippen molar-refractivity contribution in [2.24, 2.45) is 0 Å². The van der Waals surface area contributed by atoms with Gasteiger partial charge in [-0.15, -0.1) is 0 Å². The zero-order valence-corrected chi connectivity index (χ0v) is 18.3. The lowest BCUT2D eigenvalue weighted by molar-refractivity contribution is -0.114. The van der Waals surface area contributed by atoms with Gasteiger partial charge in [-0.2, -0.15) is 0 Å². The van der Waals surface area contributed by atoms with E-state index in [2.05, 4.69) is 10.0 Å². The summed E-state index contributed by atoms with van der Waals surface area (Å²) in [5, 5.41) is 2.67. The zero-order chi connectivity index (χ0) is 21.8. The summed E-state index contributed by atoms with van der Waals surface area (Å²) in [5.74, 6) is 0.538. The number of carbonyl (C=O) groups excluding carboxylic acids is 1. The second-order valence-electron chi connectivity index (χ2n) is 7.58. The largest absolute Gasteiger partial charge is 0.496 e. The van der Waals surface area contributed by atoms with Gasteiger partial charge in [0.1, 0.15) is 5.75 Å². The molecule has 1 aliphatic heterocycles. The molecule has 3 rings (SSSR count). The highest BCUT2D eigenvalue weighted by Crippen LogP contribution is 2.39. The van der Waals surface area contributed by atoms with Gasteiger partial charge in [-0.3, -0.25) is 4.79 Å². The predicted octanol–water partition coefficient (Wildman–Crippen LogP) is 2.99. The van der Waals surface area contributed by atoms with Crippen LogP contribution in [0, 0.1) is 6.92 Å². The van der Waals surface area contributed by atoms with E-state index in [0.717, 1.165) is 11.3 Å². The number of nitrogens with one attached hydrogen (secondary N) is 2. The Hall–Kier alpha value is -2.42. The van der Waals surface area contributed by atoms with E-state index in [9.17, 15) is 13.2 Å². The molecule has 0 aliphatic carbocycles. The lowest BCUT2D eigenvalue weighted by atomic mass is 9.74. The summed E-state index contributed by atoms with van der Waals surface area (Å²) in [7, 11) is -2.12. The van der Waals surface area contributed by atoms with Crippen molar-refractivity contribution < 1.29 is 22.7 Å². The Morgan fingerprint density at radius 2 is 1.87 bits per heavy atom. The summed E-state index contributed by atoms with van der Waals surface area (Å²) in [5.41, 5.74) is 1.69. The molecule has 0 unspecified atom stereocenters. The van der Waals surface area contributed by atoms with Crippen LogP contribution in [0.5, 0.6) is 5.75 Å². The quantitative estimate of drug-likeness (QED) is 0.702. The Labute approximate surface area is 177 Å². The summed E-state index contributed by atoms with van der Waals surface area (Å²) >= 11 is 0. The van der Waals surface area contributed by atoms with Crippen molar-refractivity contribution in [1.29, 1.82) is 0 Å². The van der Waals surface area contributed by atoms with Crippen molar-refractivity contribution in [1.82, 2.24) is 4.72 Å². The number of amides is 1. The molecule has 0 aromatic heterocycles. The van der Waals surface area contributed by atoms with Crippen molar-refractivity contribution in [2.75, 3.05) is 32.2 Å². The minimum atomic E-state index is -3.75. The molecule has 30 heavy (non-hydrogen) atoms. The van der Waals surface area contributed by atoms with Crippen LogP contribution in [0.4, 0.5) is 5.69 Å². The first-order valence-corrected chi connectivity index (χ1v) is 11.3. The Morgan fingerprint density at radius 3 is 2.50 bits per heavy atom. The Bertz CT molecular complexity index is 1010. The minimum absolute atomic E-state index is 0.193. The first-order valence-electron chi connectivity index (χ1n) is 9.87. The maximum Gasteiger partial charge on any atom is 0.240 e. The molecule has 1 fully saturated rings. The fourth-order valence-electron chi connectivity index (χ4n) is 3.93. The highest BCUT2D eigenvalue weighted by atomic mass is 32.2. The lowest BCUT2D eigenvalue weighted by Crippen LogP contribution is -2.44. The molecule has 0 atom stereocenters. The van der Waals surface area contributed by atoms with E-state index < -0.39 is 15.4 Å². The van der Waals surface area contributed by atoms with Crippen molar-refractivity contribution in [2.45, 2.75) is 37.0 Å². The van der Waals surface area contributed by atoms with Crippen LogP contribution >= 0.6 is 0 Å². The van der Waals surface area contributed by atoms with Gasteiger partial charge in [0.2, 0.25) is 15.9 Å². The van der Waals surface area contributed by atoms with Gasteiger partial charge in [0.05, 0.1) is 12.0 Å². The third kappa shape index (κ3) is 4.83. The lowest BCUT2D eigenvalue weighted by Gasteiger charge is -2.38. The molecule has 8 heteroatoms. The van der Waals surface area contributed by atoms with Gasteiger partial charge in [0, 0.05) is 43.3 Å². The highest BCUT2D eigenvalue weighted by molar-refractivity contribution is 7.89. The van der Waals surface area contributed by atoms with Crippen LogP contribution in [0.25, 0.3) is 0 Å². The molecule has 0 radical (unpaired) electrons. The summed E-state index contributed by atoms with van der Waals surface area (Å²) < 4.78 is 40.1. The predicted molar refractivity (Wildman–Crippen MR) is 115 cm³/mol. The second kappa shape index (κ2) is 9.16. The molecule has 2 N–H and O–H groups in total. The highest BCUT2D eigenvalue weighted by Gasteiger charge is 2.38. The van der Waals surface area contributed by atoms with Crippen molar-refractivity contribution in [3.8, 4) is 5.75 Å². The van der Waals surface area contributed by atoms with Gasteiger partial charge in [-0.1, -0.05) is 18.2 Å². The van der Waals surface area contributed by atoms with E-state index in [0.29, 0.717) is 37.3 Å². The number of hydrogen-bond donors (Lipinski definition) is 2. The number of anilines is 1. The van der Waals surface area contributed by atoms with Gasteiger partial charge in [0.15, 0.2) is 0 Å². The van der Waals surface area contributed by atoms with Gasteiger partial charge < -0.3 is 14.8 Å². The third-order valence-electron chi connectivity index (χ3n) is 5.51. The minimum Gasteiger partial charge on any atom is -0.496 e. The Morgan fingerprint density at radius 1 is 1.17 bits per heavy atom. The van der Waals surface area contributed by atoms with Crippen molar-refractivity contribution in [3.05, 3.63) is 53.6 Å². The number of rotatable bonds is 7. The van der Waals surface area contributed by atoms with Gasteiger partial charge in [0.25, 0.3) is 0 Å². The molecule has 2 aromatic carbocycles. The van der Waals surface area contributed by atoms with Crippen LogP contribution in [0.15, 0.2) is 47.4 Å². The fourth-order valence-corrected chi connectivity index (χ4v) is 5.28. The first-order chi connectivity index (χ1) is 14.3. The molecule has 2 aromatic rings. The molecule has 1 aliphatic rings. The van der Waals surface area contributed by atoms with E-state index in [4.69, 9.17) is 9.47 Å². The molecule has 7 nitrogen and oxygen atoms in total. The van der Waals surface area contributed by atoms with Crippen molar-refractivity contribution in [3.63, 3.8) is 0 Å². The number of methoxy groups -OCH3 is 1. The SMILES string of the molecule is COc1ccccc1C1(CNS(=O)(=O)c2ccc(NC(C)=O)cc2C)CCOCC1. The molecule has 1 saturated heterocycles. The number of sulfonamides is 1. The molecule has 162 valence electrons. The number of carbonyl (C=O) groups is 1. The van der Waals surface area contributed by atoms with E-state index in [1.165, 1.54) is 13.0 Å². The second-order valence-corrected chi connectivity index (χ2v) is 9.31. The summed E-state index contributed by atoms with van der Waals surface area (Å²) in [4.78, 5) is 11.4. The molecule has 0 bridgehead atoms. The fraction of sp³-hybridized carbons (Fsp3) is 0.409. The van der Waals surface area contributed by atoms with Gasteiger partial charge in [-0.25, -0.2) is 13.1 Å². The maximum atomic E-state index is 13.1. The third-order valence-corrected chi connectivity index (χ3v) is 7.08. The van der Waals surface area contributed by atoms with Crippen LogP contribution in [0.3, 0.4) is 0 Å². The molecular weight excluding hydrogens is 404 g/mol. The number of para-hydroxylation sites is 1. The van der Waals surface area contributed by atoms with E-state index in [1.807, 2.05) is 24.3 Å². The average Bonchev–Trinajstić information content (AvgIpc) is 2.72. The summed E-state index contributed by atoms with van der Waals surface area (Å²) in [6.07, 6.45) is 1.38. The molecule has 0 saturated carbocycles. The van der Waals surface area contributed by atoms with E-state index in [-0.39, 0.29) is 17.3 Å². The first kappa shape index (κ1) is 22.3. The number of benzene rings is 2. The Balaban J connectivity index is 1.87. The summed E-state index contributed by atoms with van der Waals surface area (Å²) in [6.45, 7) is 4.48. The van der Waals surface area contributed by atoms with Crippen LogP contribution in [0.2, 0.25) is 0 Å². The maximum absolute atomic E-state index is 13.1. The smallest absolute Gasteiger partial charge is 0.240 e. The number of aryl methyl sites for hydroxylation is 1. The zero-order valence-electron chi connectivity index (χ0n) is 17.5. The average molecular weight is 433 g/mol. The molecular formula is C22H28N2O5S. The van der Waals surface area contributed by atoms with Gasteiger partial charge >= 0.3 is 0 Å². The van der Waals surface area contributed by atoms with E-state index >= 15 is 0 Å². The van der Waals surface area contributed by atoms with E-state index in [1.54, 1.807) is 26.2 Å². The van der Waals surface area contributed by atoms with Crippen LogP contribution < -0.4 is 14.8 Å². The number of ether oxygens (including phenoxy) is 2. The summed E-state index contributed by atoms with van der Waals surface area (Å²) in [6, 6.07) is 12.5.